The second-order valence-corrected chi connectivity index (χ2v) is 7.36. The zero-order valence-electron chi connectivity index (χ0n) is 13.9. The first-order valence-corrected chi connectivity index (χ1v) is 7.89. The van der Waals surface area contributed by atoms with E-state index in [9.17, 15) is 20.2 Å². The molecule has 0 aliphatic carbocycles. The summed E-state index contributed by atoms with van der Waals surface area (Å²) >= 11 is 6.07. The highest BCUT2D eigenvalue weighted by molar-refractivity contribution is 6.31. The highest BCUT2D eigenvalue weighted by Gasteiger charge is 2.31. The number of quaternary nitrogens is 1. The predicted octanol–water partition coefficient (Wildman–Crippen LogP) is 1.23. The molecule has 0 spiro atoms. The number of benzene rings is 1. The zero-order valence-corrected chi connectivity index (χ0v) is 14.7. The molecule has 2 aliphatic rings. The SMILES string of the molecule is C[N+](C)(C)CC(O)c1c2c(=O)nnc(O)c-2n(O)c2ccc(Cl)cc12. The van der Waals surface area contributed by atoms with Gasteiger partial charge in [-0.3, -0.25) is 4.79 Å². The van der Waals surface area contributed by atoms with Gasteiger partial charge in [-0.05, 0) is 18.2 Å². The van der Waals surface area contributed by atoms with Crippen molar-refractivity contribution >= 4 is 22.5 Å². The van der Waals surface area contributed by atoms with Gasteiger partial charge in [0.2, 0.25) is 0 Å². The van der Waals surface area contributed by atoms with Crippen LogP contribution in [-0.2, 0) is 0 Å². The molecular formula is C16H18ClN4O4+. The molecule has 1 aromatic carbocycles. The molecule has 0 radical (unpaired) electrons. The van der Waals surface area contributed by atoms with Gasteiger partial charge in [-0.2, -0.15) is 4.73 Å². The molecule has 25 heavy (non-hydrogen) atoms. The van der Waals surface area contributed by atoms with Gasteiger partial charge in [-0.1, -0.05) is 11.6 Å². The Morgan fingerprint density at radius 1 is 1.28 bits per heavy atom. The van der Waals surface area contributed by atoms with Gasteiger partial charge in [0.25, 0.3) is 11.4 Å². The summed E-state index contributed by atoms with van der Waals surface area (Å²) in [4.78, 5) is 12.3. The normalized spacial score (nSPS) is 13.5. The van der Waals surface area contributed by atoms with Crippen molar-refractivity contribution in [3.63, 3.8) is 0 Å². The quantitative estimate of drug-likeness (QED) is 0.366. The van der Waals surface area contributed by atoms with Crippen molar-refractivity contribution in [1.82, 2.24) is 14.9 Å². The van der Waals surface area contributed by atoms with Gasteiger partial charge < -0.3 is 19.9 Å². The lowest BCUT2D eigenvalue weighted by Crippen LogP contribution is -2.39. The van der Waals surface area contributed by atoms with Crippen LogP contribution in [0.3, 0.4) is 0 Å². The van der Waals surface area contributed by atoms with Crippen LogP contribution in [-0.4, -0.2) is 62.5 Å². The molecule has 0 bridgehead atoms. The second kappa shape index (κ2) is 5.83. The van der Waals surface area contributed by atoms with Crippen LogP contribution < -0.4 is 5.56 Å². The number of halogens is 1. The molecule has 0 aromatic heterocycles. The lowest BCUT2D eigenvalue weighted by Gasteiger charge is -2.29. The van der Waals surface area contributed by atoms with Crippen molar-refractivity contribution in [3.05, 3.63) is 39.1 Å². The third-order valence-electron chi connectivity index (χ3n) is 3.91. The fourth-order valence-corrected chi connectivity index (χ4v) is 3.14. The molecule has 2 aliphatic heterocycles. The number of aromatic nitrogens is 3. The number of nitrogens with zero attached hydrogens (tertiary/aromatic N) is 4. The van der Waals surface area contributed by atoms with Gasteiger partial charge in [0, 0.05) is 16.0 Å². The van der Waals surface area contributed by atoms with Crippen molar-refractivity contribution in [3.8, 4) is 17.1 Å². The van der Waals surface area contributed by atoms with Gasteiger partial charge in [0.1, 0.15) is 12.6 Å². The fraction of sp³-hybridized carbons (Fsp3) is 0.312. The first-order chi connectivity index (χ1) is 11.6. The number of likely N-dealkylation sites (N-methyl/N-ethyl adjacent to an activating group) is 1. The summed E-state index contributed by atoms with van der Waals surface area (Å²) in [5.74, 6) is -0.604. The average Bonchev–Trinajstić information content (AvgIpc) is 2.48. The molecule has 0 saturated carbocycles. The number of hydrogen-bond donors (Lipinski definition) is 3. The first kappa shape index (κ1) is 17.4. The van der Waals surface area contributed by atoms with E-state index in [0.717, 1.165) is 0 Å². The standard InChI is InChI=1S/C16H17ClN4O4/c1-21(2,3)7-11(22)12-9-6-8(17)4-5-10(9)20(25)14-13(12)15(23)18-19-16(14)24/h4-6,11,22,25H,7H2,1-3H3/p+1. The molecule has 2 heterocycles. The summed E-state index contributed by atoms with van der Waals surface area (Å²) in [6.45, 7) is 0.286. The minimum absolute atomic E-state index is 0.0919. The molecule has 3 rings (SSSR count). The van der Waals surface area contributed by atoms with Crippen molar-refractivity contribution in [1.29, 1.82) is 0 Å². The van der Waals surface area contributed by atoms with Gasteiger partial charge in [0.15, 0.2) is 5.69 Å². The van der Waals surface area contributed by atoms with Gasteiger partial charge >= 0.3 is 0 Å². The van der Waals surface area contributed by atoms with Crippen LogP contribution in [0.2, 0.25) is 5.02 Å². The van der Waals surface area contributed by atoms with E-state index < -0.39 is 17.5 Å². The monoisotopic (exact) mass is 365 g/mol. The molecule has 1 aromatic rings. The Bertz CT molecular complexity index is 996. The van der Waals surface area contributed by atoms with Crippen molar-refractivity contribution < 1.29 is 19.9 Å². The number of rotatable bonds is 3. The average molecular weight is 366 g/mol. The summed E-state index contributed by atoms with van der Waals surface area (Å²) in [5, 5.41) is 38.9. The molecule has 0 amide bonds. The summed E-state index contributed by atoms with van der Waals surface area (Å²) < 4.78 is 1.09. The first-order valence-electron chi connectivity index (χ1n) is 7.51. The maximum Gasteiger partial charge on any atom is 0.298 e. The number of aliphatic hydroxyl groups excluding tert-OH is 1. The minimum Gasteiger partial charge on any atom is -0.491 e. The number of pyridine rings is 1. The summed E-state index contributed by atoms with van der Waals surface area (Å²) in [6.07, 6.45) is -1.05. The van der Waals surface area contributed by atoms with Crippen molar-refractivity contribution in [2.45, 2.75) is 6.10 Å². The molecule has 132 valence electrons. The Morgan fingerprint density at radius 3 is 2.60 bits per heavy atom. The lowest BCUT2D eigenvalue weighted by atomic mass is 9.95. The summed E-state index contributed by atoms with van der Waals surface area (Å²) in [6, 6.07) is 4.64. The van der Waals surface area contributed by atoms with Crippen LogP contribution in [0, 0.1) is 0 Å². The van der Waals surface area contributed by atoms with Crippen LogP contribution >= 0.6 is 11.6 Å². The predicted molar refractivity (Wildman–Crippen MR) is 92.1 cm³/mol. The third-order valence-corrected chi connectivity index (χ3v) is 4.15. The number of hydrogen-bond acceptors (Lipinski definition) is 6. The Balaban J connectivity index is 2.50. The molecular weight excluding hydrogens is 348 g/mol. The topological polar surface area (TPSA) is 108 Å². The van der Waals surface area contributed by atoms with Crippen LogP contribution in [0.4, 0.5) is 0 Å². The number of fused-ring (bicyclic) bond motifs is 2. The van der Waals surface area contributed by atoms with E-state index >= 15 is 0 Å². The van der Waals surface area contributed by atoms with Crippen LogP contribution in [0.25, 0.3) is 22.2 Å². The number of aliphatic hydroxyl groups is 1. The Labute approximate surface area is 148 Å². The maximum atomic E-state index is 12.3. The van der Waals surface area contributed by atoms with Gasteiger partial charge in [-0.15, -0.1) is 10.2 Å². The van der Waals surface area contributed by atoms with Crippen LogP contribution in [0.5, 0.6) is 5.88 Å². The van der Waals surface area contributed by atoms with Crippen LogP contribution in [0.15, 0.2) is 23.0 Å². The van der Waals surface area contributed by atoms with Crippen LogP contribution in [0.1, 0.15) is 11.7 Å². The molecule has 3 N–H and O–H groups in total. The van der Waals surface area contributed by atoms with E-state index in [1.807, 2.05) is 21.1 Å². The number of aromatic hydroxyl groups is 1. The highest BCUT2D eigenvalue weighted by Crippen LogP contribution is 2.38. The fourth-order valence-electron chi connectivity index (χ4n) is 2.97. The Morgan fingerprint density at radius 2 is 1.96 bits per heavy atom. The Kier molecular flexibility index (Phi) is 4.06. The highest BCUT2D eigenvalue weighted by atomic mass is 35.5. The lowest BCUT2D eigenvalue weighted by molar-refractivity contribution is -0.874. The van der Waals surface area contributed by atoms with Gasteiger partial charge in [0.05, 0.1) is 32.2 Å². The summed E-state index contributed by atoms with van der Waals surface area (Å²) in [5.41, 5.74) is -0.528. The molecule has 9 heteroatoms. The van der Waals surface area contributed by atoms with E-state index in [1.54, 1.807) is 12.1 Å². The van der Waals surface area contributed by atoms with Gasteiger partial charge in [-0.25, -0.2) is 0 Å². The zero-order chi connectivity index (χ0) is 18.5. The minimum atomic E-state index is -1.05. The summed E-state index contributed by atoms with van der Waals surface area (Å²) in [7, 11) is 5.68. The second-order valence-electron chi connectivity index (χ2n) is 6.93. The third kappa shape index (κ3) is 2.99. The van der Waals surface area contributed by atoms with Crippen molar-refractivity contribution in [2.24, 2.45) is 0 Å². The van der Waals surface area contributed by atoms with E-state index in [-0.39, 0.29) is 28.9 Å². The van der Waals surface area contributed by atoms with E-state index in [0.29, 0.717) is 19.6 Å². The smallest absolute Gasteiger partial charge is 0.298 e. The molecule has 1 atom stereocenters. The van der Waals surface area contributed by atoms with E-state index in [2.05, 4.69) is 10.2 Å². The molecule has 0 fully saturated rings. The van der Waals surface area contributed by atoms with Crippen molar-refractivity contribution in [2.75, 3.05) is 27.7 Å². The van der Waals surface area contributed by atoms with E-state index in [1.165, 1.54) is 6.07 Å². The largest absolute Gasteiger partial charge is 0.491 e. The molecule has 8 nitrogen and oxygen atoms in total. The maximum absolute atomic E-state index is 12.3. The van der Waals surface area contributed by atoms with E-state index in [4.69, 9.17) is 11.6 Å². The molecule has 0 saturated heterocycles. The Hall–Kier alpha value is -2.42. The molecule has 1 unspecified atom stereocenters.